The number of amides is 1. The van der Waals surface area contributed by atoms with Gasteiger partial charge in [-0.05, 0) is 53.2 Å². The summed E-state index contributed by atoms with van der Waals surface area (Å²) in [6, 6.07) is 15.5. The number of hydrogen-bond acceptors (Lipinski definition) is 3. The molecule has 0 aliphatic rings. The van der Waals surface area contributed by atoms with Gasteiger partial charge in [0, 0.05) is 5.69 Å². The van der Waals surface area contributed by atoms with Crippen LogP contribution in [0, 0.1) is 11.3 Å². The van der Waals surface area contributed by atoms with Gasteiger partial charge in [-0.2, -0.15) is 5.26 Å². The molecule has 0 aromatic heterocycles. The first-order valence-electron chi connectivity index (χ1n) is 10.2. The molecule has 0 aliphatic carbocycles. The summed E-state index contributed by atoms with van der Waals surface area (Å²) >= 11 is 0. The van der Waals surface area contributed by atoms with Gasteiger partial charge in [-0.1, -0.05) is 65.0 Å². The van der Waals surface area contributed by atoms with E-state index in [2.05, 4.69) is 39.9 Å². The molecular formula is C25H30N2O2. The minimum absolute atomic E-state index is 0.0699. The Morgan fingerprint density at radius 1 is 1.07 bits per heavy atom. The molecule has 0 saturated carbocycles. The highest BCUT2D eigenvalue weighted by Gasteiger charge is 2.18. The Morgan fingerprint density at radius 2 is 1.66 bits per heavy atom. The lowest BCUT2D eigenvalue weighted by molar-refractivity contribution is -0.112. The van der Waals surface area contributed by atoms with E-state index in [1.54, 1.807) is 6.08 Å². The van der Waals surface area contributed by atoms with Crippen LogP contribution in [0.2, 0.25) is 0 Å². The van der Waals surface area contributed by atoms with Crippen LogP contribution >= 0.6 is 0 Å². The molecule has 0 atom stereocenters. The molecule has 0 unspecified atom stereocenters. The van der Waals surface area contributed by atoms with Crippen LogP contribution in [0.15, 0.2) is 48.0 Å². The molecule has 2 rings (SSSR count). The lowest BCUT2D eigenvalue weighted by Crippen LogP contribution is -2.17. The number of nitrogens with zero attached hydrogens (tertiary/aromatic N) is 1. The number of anilines is 1. The summed E-state index contributed by atoms with van der Waals surface area (Å²) < 4.78 is 5.57. The topological polar surface area (TPSA) is 62.1 Å². The predicted molar refractivity (Wildman–Crippen MR) is 119 cm³/mol. The van der Waals surface area contributed by atoms with Crippen molar-refractivity contribution in [1.29, 1.82) is 5.26 Å². The average Bonchev–Trinajstić information content (AvgIpc) is 2.70. The second-order valence-electron chi connectivity index (χ2n) is 7.66. The van der Waals surface area contributed by atoms with Gasteiger partial charge in [0.2, 0.25) is 0 Å². The number of nitriles is 1. The van der Waals surface area contributed by atoms with Crippen molar-refractivity contribution in [2.75, 3.05) is 11.9 Å². The number of para-hydroxylation sites is 1. The van der Waals surface area contributed by atoms with Crippen LogP contribution in [0.1, 0.15) is 69.6 Å². The molecule has 29 heavy (non-hydrogen) atoms. The third-order valence-corrected chi connectivity index (χ3v) is 4.64. The number of nitrogens with one attached hydrogen (secondary N) is 1. The summed E-state index contributed by atoms with van der Waals surface area (Å²) in [7, 11) is 0. The van der Waals surface area contributed by atoms with Crippen molar-refractivity contribution in [3.8, 4) is 11.8 Å². The Morgan fingerprint density at radius 3 is 2.14 bits per heavy atom. The molecule has 0 bridgehead atoms. The molecule has 0 aliphatic heterocycles. The molecule has 2 aromatic rings. The van der Waals surface area contributed by atoms with Gasteiger partial charge in [0.1, 0.15) is 17.4 Å². The van der Waals surface area contributed by atoms with Gasteiger partial charge in [-0.25, -0.2) is 0 Å². The van der Waals surface area contributed by atoms with E-state index < -0.39 is 5.91 Å². The van der Waals surface area contributed by atoms with Crippen LogP contribution < -0.4 is 10.1 Å². The maximum absolute atomic E-state index is 12.9. The predicted octanol–water partition coefficient (Wildman–Crippen LogP) is 6.27. The van der Waals surface area contributed by atoms with Crippen LogP contribution in [0.3, 0.4) is 0 Å². The molecule has 4 heteroatoms. The SMILES string of the molecule is CCCOc1ccc(/C=C(\C#N)C(=O)Nc2c(C(C)C)cccc2C(C)C)cc1. The summed E-state index contributed by atoms with van der Waals surface area (Å²) in [5, 5.41) is 12.6. The Bertz CT molecular complexity index is 877. The number of ether oxygens (including phenoxy) is 1. The van der Waals surface area contributed by atoms with E-state index >= 15 is 0 Å². The zero-order valence-electron chi connectivity index (χ0n) is 18.0. The Labute approximate surface area is 174 Å². The molecular weight excluding hydrogens is 360 g/mol. The maximum atomic E-state index is 12.9. The summed E-state index contributed by atoms with van der Waals surface area (Å²) in [5.74, 6) is 0.900. The molecule has 2 aromatic carbocycles. The zero-order chi connectivity index (χ0) is 21.4. The molecule has 0 saturated heterocycles. The van der Waals surface area contributed by atoms with Crippen LogP contribution in [0.25, 0.3) is 6.08 Å². The van der Waals surface area contributed by atoms with E-state index in [9.17, 15) is 10.1 Å². The smallest absolute Gasteiger partial charge is 0.266 e. The Kier molecular flexibility index (Phi) is 8.03. The first-order valence-corrected chi connectivity index (χ1v) is 10.2. The van der Waals surface area contributed by atoms with E-state index in [-0.39, 0.29) is 17.4 Å². The molecule has 0 radical (unpaired) electrons. The molecule has 152 valence electrons. The van der Waals surface area contributed by atoms with Gasteiger partial charge in [0.25, 0.3) is 5.91 Å². The number of hydrogen-bond donors (Lipinski definition) is 1. The molecule has 0 spiro atoms. The fourth-order valence-electron chi connectivity index (χ4n) is 3.07. The standard InChI is InChI=1S/C25H30N2O2/c1-6-14-29-21-12-10-19(11-13-21)15-20(16-26)25(28)27-24-22(17(2)3)8-7-9-23(24)18(4)5/h7-13,15,17-18H,6,14H2,1-5H3,(H,27,28)/b20-15+. The minimum atomic E-state index is -0.395. The highest BCUT2D eigenvalue weighted by Crippen LogP contribution is 2.32. The van der Waals surface area contributed by atoms with Crippen molar-refractivity contribution in [3.63, 3.8) is 0 Å². The van der Waals surface area contributed by atoms with Gasteiger partial charge >= 0.3 is 0 Å². The van der Waals surface area contributed by atoms with E-state index in [0.29, 0.717) is 6.61 Å². The fourth-order valence-corrected chi connectivity index (χ4v) is 3.07. The number of rotatable bonds is 8. The van der Waals surface area contributed by atoms with Crippen LogP contribution in [-0.2, 0) is 4.79 Å². The van der Waals surface area contributed by atoms with Crippen molar-refractivity contribution in [2.24, 2.45) is 0 Å². The molecule has 4 nitrogen and oxygen atoms in total. The normalized spacial score (nSPS) is 11.4. The van der Waals surface area contributed by atoms with E-state index in [0.717, 1.165) is 34.5 Å². The average molecular weight is 391 g/mol. The summed E-state index contributed by atoms with van der Waals surface area (Å²) in [6.45, 7) is 11.1. The van der Waals surface area contributed by atoms with E-state index in [1.807, 2.05) is 48.5 Å². The summed E-state index contributed by atoms with van der Waals surface area (Å²) in [6.07, 6.45) is 2.54. The Hall–Kier alpha value is -3.06. The van der Waals surface area contributed by atoms with Gasteiger partial charge in [-0.3, -0.25) is 4.79 Å². The third-order valence-electron chi connectivity index (χ3n) is 4.64. The summed E-state index contributed by atoms with van der Waals surface area (Å²) in [5.41, 5.74) is 3.80. The summed E-state index contributed by atoms with van der Waals surface area (Å²) in [4.78, 5) is 12.9. The fraction of sp³-hybridized carbons (Fsp3) is 0.360. The first kappa shape index (κ1) is 22.2. The van der Waals surface area contributed by atoms with Crippen LogP contribution in [-0.4, -0.2) is 12.5 Å². The quantitative estimate of drug-likeness (QED) is 0.427. The van der Waals surface area contributed by atoms with Crippen molar-refractivity contribution in [3.05, 3.63) is 64.7 Å². The number of carbonyl (C=O) groups is 1. The van der Waals surface area contributed by atoms with Crippen molar-refractivity contribution in [2.45, 2.75) is 52.9 Å². The first-order chi connectivity index (χ1) is 13.9. The van der Waals surface area contributed by atoms with Crippen LogP contribution in [0.5, 0.6) is 5.75 Å². The van der Waals surface area contributed by atoms with Crippen LogP contribution in [0.4, 0.5) is 5.69 Å². The van der Waals surface area contributed by atoms with Crippen molar-refractivity contribution >= 4 is 17.7 Å². The van der Waals surface area contributed by atoms with Gasteiger partial charge in [0.05, 0.1) is 6.61 Å². The van der Waals surface area contributed by atoms with Crippen molar-refractivity contribution < 1.29 is 9.53 Å². The maximum Gasteiger partial charge on any atom is 0.266 e. The van der Waals surface area contributed by atoms with Crippen molar-refractivity contribution in [1.82, 2.24) is 0 Å². The molecule has 1 amide bonds. The van der Waals surface area contributed by atoms with E-state index in [1.165, 1.54) is 0 Å². The van der Waals surface area contributed by atoms with Gasteiger partial charge in [0.15, 0.2) is 0 Å². The van der Waals surface area contributed by atoms with E-state index in [4.69, 9.17) is 4.74 Å². The number of benzene rings is 2. The second-order valence-corrected chi connectivity index (χ2v) is 7.66. The second kappa shape index (κ2) is 10.5. The monoisotopic (exact) mass is 390 g/mol. The molecule has 1 N–H and O–H groups in total. The molecule has 0 heterocycles. The highest BCUT2D eigenvalue weighted by atomic mass is 16.5. The minimum Gasteiger partial charge on any atom is -0.494 e. The molecule has 0 fully saturated rings. The largest absolute Gasteiger partial charge is 0.494 e. The highest BCUT2D eigenvalue weighted by molar-refractivity contribution is 6.10. The zero-order valence-corrected chi connectivity index (χ0v) is 18.0. The lowest BCUT2D eigenvalue weighted by Gasteiger charge is -2.20. The lowest BCUT2D eigenvalue weighted by atomic mass is 9.92. The third kappa shape index (κ3) is 5.96. The van der Waals surface area contributed by atoms with Gasteiger partial charge < -0.3 is 10.1 Å². The number of carbonyl (C=O) groups excluding carboxylic acids is 1. The Balaban J connectivity index is 2.29. The van der Waals surface area contributed by atoms with Gasteiger partial charge in [-0.15, -0.1) is 0 Å².